The molecule has 1 aromatic rings. The zero-order valence-corrected chi connectivity index (χ0v) is 15.1. The van der Waals surface area contributed by atoms with E-state index >= 15 is 0 Å². The summed E-state index contributed by atoms with van der Waals surface area (Å²) in [6.45, 7) is 4.30. The second-order valence-corrected chi connectivity index (χ2v) is 7.01. The predicted molar refractivity (Wildman–Crippen MR) is 93.6 cm³/mol. The maximum Gasteiger partial charge on any atom is 0.337 e. The molecule has 0 aliphatic carbocycles. The van der Waals surface area contributed by atoms with E-state index in [2.05, 4.69) is 32.4 Å². The van der Waals surface area contributed by atoms with Crippen molar-refractivity contribution in [3.8, 4) is 0 Å². The summed E-state index contributed by atoms with van der Waals surface area (Å²) in [6, 6.07) is 0.355. The highest BCUT2D eigenvalue weighted by Crippen LogP contribution is 2.34. The van der Waals surface area contributed by atoms with Crippen LogP contribution in [0.1, 0.15) is 18.4 Å². The van der Waals surface area contributed by atoms with Crippen molar-refractivity contribution in [2.45, 2.75) is 19.4 Å². The number of methoxy groups -OCH3 is 1. The third-order valence-electron chi connectivity index (χ3n) is 4.15. The van der Waals surface area contributed by atoms with E-state index in [1.807, 2.05) is 5.38 Å². The number of carbonyl (C=O) groups is 1. The van der Waals surface area contributed by atoms with Crippen LogP contribution in [0.3, 0.4) is 0 Å². The van der Waals surface area contributed by atoms with Gasteiger partial charge in [-0.2, -0.15) is 0 Å². The fourth-order valence-corrected chi connectivity index (χ4v) is 4.45. The first-order valence-corrected chi connectivity index (χ1v) is 9.58. The van der Waals surface area contributed by atoms with E-state index in [0.29, 0.717) is 18.2 Å². The molecule has 0 N–H and O–H groups in total. The van der Waals surface area contributed by atoms with Gasteiger partial charge < -0.3 is 9.64 Å². The normalized spacial score (nSPS) is 20.8. The third kappa shape index (κ3) is 3.02. The number of rotatable bonds is 5. The highest BCUT2D eigenvalue weighted by atomic mass is 32.2. The van der Waals surface area contributed by atoms with Crippen LogP contribution < -0.4 is 0 Å². The summed E-state index contributed by atoms with van der Waals surface area (Å²) in [5.41, 5.74) is 1.71. The average Bonchev–Trinajstić information content (AvgIpc) is 3.24. The van der Waals surface area contributed by atoms with E-state index in [-0.39, 0.29) is 5.97 Å². The Morgan fingerprint density at radius 2 is 2.43 bits per heavy atom. The zero-order valence-electron chi connectivity index (χ0n) is 13.5. The molecule has 2 aliphatic heterocycles. The Balaban J connectivity index is 1.95. The maximum absolute atomic E-state index is 12.1. The smallest absolute Gasteiger partial charge is 0.337 e. The zero-order chi connectivity index (χ0) is 16.4. The van der Waals surface area contributed by atoms with Crippen molar-refractivity contribution in [1.82, 2.24) is 14.2 Å². The minimum absolute atomic E-state index is 0.278. The van der Waals surface area contributed by atoms with Gasteiger partial charge in [-0.1, -0.05) is 18.9 Å². The summed E-state index contributed by atoms with van der Waals surface area (Å²) in [5, 5.41) is 2.85. The van der Waals surface area contributed by atoms with Crippen molar-refractivity contribution < 1.29 is 9.53 Å². The number of likely N-dealkylation sites (N-methyl/N-ethyl adjacent to an activating group) is 1. The van der Waals surface area contributed by atoms with Gasteiger partial charge in [0.2, 0.25) is 0 Å². The topological polar surface area (TPSA) is 58.0 Å². The van der Waals surface area contributed by atoms with Gasteiger partial charge >= 0.3 is 5.97 Å². The molecule has 1 saturated heterocycles. The minimum atomic E-state index is -0.278. The molecule has 1 fully saturated rings. The van der Waals surface area contributed by atoms with Crippen LogP contribution in [0.25, 0.3) is 0 Å². The molecule has 8 heteroatoms. The molecule has 1 unspecified atom stereocenters. The molecule has 23 heavy (non-hydrogen) atoms. The van der Waals surface area contributed by atoms with E-state index < -0.39 is 0 Å². The average molecular weight is 352 g/mol. The fourth-order valence-electron chi connectivity index (χ4n) is 3.10. The van der Waals surface area contributed by atoms with Gasteiger partial charge in [-0.05, 0) is 6.26 Å². The summed E-state index contributed by atoms with van der Waals surface area (Å²) in [5.74, 6) is 0.599. The van der Waals surface area contributed by atoms with Crippen LogP contribution in [0.15, 0.2) is 27.8 Å². The summed E-state index contributed by atoms with van der Waals surface area (Å²) in [6.07, 6.45) is 4.71. The molecule has 124 valence electrons. The standard InChI is InChI=1S/C15H20N4O2S2/c1-4-19(22-3)10-7-12-11(15(20)21-2)8-17-13(18(12)9-10)14-16-5-6-23-14/h5-6,10H,4,7-9H2,1-3H3. The first-order valence-electron chi connectivity index (χ1n) is 7.52. The highest BCUT2D eigenvalue weighted by Gasteiger charge is 2.39. The van der Waals surface area contributed by atoms with Gasteiger partial charge in [0.25, 0.3) is 0 Å². The summed E-state index contributed by atoms with van der Waals surface area (Å²) < 4.78 is 7.29. The van der Waals surface area contributed by atoms with E-state index in [9.17, 15) is 4.79 Å². The Hall–Kier alpha value is -1.38. The molecule has 0 aromatic carbocycles. The number of amidine groups is 1. The number of nitrogens with zero attached hydrogens (tertiary/aromatic N) is 4. The molecule has 0 amide bonds. The number of carbonyl (C=O) groups excluding carboxylic acids is 1. The molecule has 2 aliphatic rings. The van der Waals surface area contributed by atoms with Crippen LogP contribution in [0.2, 0.25) is 0 Å². The largest absolute Gasteiger partial charge is 0.466 e. The molecular weight excluding hydrogens is 332 g/mol. The van der Waals surface area contributed by atoms with Crippen LogP contribution in [0.5, 0.6) is 0 Å². The van der Waals surface area contributed by atoms with E-state index in [0.717, 1.165) is 36.1 Å². The molecule has 0 bridgehead atoms. The lowest BCUT2D eigenvalue weighted by Gasteiger charge is -2.27. The third-order valence-corrected chi connectivity index (χ3v) is 5.94. The van der Waals surface area contributed by atoms with Crippen LogP contribution in [-0.4, -0.2) is 65.0 Å². The number of aromatic nitrogens is 1. The number of aliphatic imine (C=N–C) groups is 1. The lowest BCUT2D eigenvalue weighted by Crippen LogP contribution is -2.37. The van der Waals surface area contributed by atoms with Crippen molar-refractivity contribution in [2.75, 3.05) is 33.0 Å². The Morgan fingerprint density at radius 1 is 1.61 bits per heavy atom. The Labute approximate surface area is 144 Å². The fraction of sp³-hybridized carbons (Fsp3) is 0.533. The monoisotopic (exact) mass is 352 g/mol. The Bertz CT molecular complexity index is 638. The lowest BCUT2D eigenvalue weighted by molar-refractivity contribution is -0.136. The van der Waals surface area contributed by atoms with Crippen molar-refractivity contribution in [3.63, 3.8) is 0 Å². The summed E-state index contributed by atoms with van der Waals surface area (Å²) in [7, 11) is 1.42. The van der Waals surface area contributed by atoms with Crippen molar-refractivity contribution in [3.05, 3.63) is 27.9 Å². The number of ether oxygens (including phenoxy) is 1. The number of hydrogen-bond donors (Lipinski definition) is 0. The van der Waals surface area contributed by atoms with E-state index in [1.54, 1.807) is 29.5 Å². The number of esters is 1. The molecule has 3 rings (SSSR count). The van der Waals surface area contributed by atoms with Gasteiger partial charge in [0, 0.05) is 42.8 Å². The minimum Gasteiger partial charge on any atom is -0.466 e. The Morgan fingerprint density at radius 3 is 3.04 bits per heavy atom. The van der Waals surface area contributed by atoms with Gasteiger partial charge in [-0.25, -0.2) is 14.1 Å². The molecule has 0 spiro atoms. The van der Waals surface area contributed by atoms with Crippen LogP contribution in [0, 0.1) is 0 Å². The van der Waals surface area contributed by atoms with E-state index in [4.69, 9.17) is 4.74 Å². The molecule has 6 nitrogen and oxygen atoms in total. The molecule has 3 heterocycles. The maximum atomic E-state index is 12.1. The second kappa shape index (κ2) is 7.02. The van der Waals surface area contributed by atoms with Crippen molar-refractivity contribution in [2.24, 2.45) is 4.99 Å². The van der Waals surface area contributed by atoms with Gasteiger partial charge in [0.15, 0.2) is 10.8 Å². The lowest BCUT2D eigenvalue weighted by atomic mass is 10.1. The first kappa shape index (κ1) is 16.5. The molecule has 1 aromatic heterocycles. The summed E-state index contributed by atoms with van der Waals surface area (Å²) >= 11 is 3.32. The highest BCUT2D eigenvalue weighted by molar-refractivity contribution is 7.96. The van der Waals surface area contributed by atoms with Gasteiger partial charge in [0.1, 0.15) is 0 Å². The Kier molecular flexibility index (Phi) is 5.03. The summed E-state index contributed by atoms with van der Waals surface area (Å²) in [4.78, 5) is 23.3. The van der Waals surface area contributed by atoms with Crippen molar-refractivity contribution >= 4 is 35.1 Å². The van der Waals surface area contributed by atoms with Gasteiger partial charge in [0.05, 0.1) is 19.2 Å². The molecular formula is C15H20N4O2S2. The SMILES string of the molecule is CCN(SC)C1CC2=C(C(=O)OC)CN=C(c3nccs3)N2C1. The van der Waals surface area contributed by atoms with Crippen LogP contribution >= 0.6 is 23.3 Å². The molecule has 0 saturated carbocycles. The van der Waals surface area contributed by atoms with Gasteiger partial charge in [-0.15, -0.1) is 11.3 Å². The number of fused-ring (bicyclic) bond motifs is 1. The predicted octanol–water partition coefficient (Wildman–Crippen LogP) is 2.00. The van der Waals surface area contributed by atoms with E-state index in [1.165, 1.54) is 7.11 Å². The van der Waals surface area contributed by atoms with Crippen LogP contribution in [-0.2, 0) is 9.53 Å². The van der Waals surface area contributed by atoms with Crippen molar-refractivity contribution in [1.29, 1.82) is 0 Å². The quantitative estimate of drug-likeness (QED) is 0.597. The number of hydrogen-bond acceptors (Lipinski definition) is 8. The molecule has 0 radical (unpaired) electrons. The number of thiazole rings is 1. The van der Waals surface area contributed by atoms with Crippen LogP contribution in [0.4, 0.5) is 0 Å². The molecule has 1 atom stereocenters. The first-order chi connectivity index (χ1) is 11.2. The second-order valence-electron chi connectivity index (χ2n) is 5.28. The van der Waals surface area contributed by atoms with Gasteiger partial charge in [-0.3, -0.25) is 4.99 Å².